The van der Waals surface area contributed by atoms with E-state index < -0.39 is 0 Å². The molecule has 0 bridgehead atoms. The summed E-state index contributed by atoms with van der Waals surface area (Å²) in [4.78, 5) is 14.3. The van der Waals surface area contributed by atoms with Crippen LogP contribution in [0.1, 0.15) is 50.2 Å². The molecule has 1 amide bonds. The molecular weight excluding hydrogens is 308 g/mol. The van der Waals surface area contributed by atoms with Crippen molar-refractivity contribution in [1.82, 2.24) is 4.90 Å². The first-order valence-corrected chi connectivity index (χ1v) is 8.65. The molecule has 1 aromatic carbocycles. The lowest BCUT2D eigenvalue weighted by molar-refractivity contribution is -0.132. The van der Waals surface area contributed by atoms with Gasteiger partial charge in [-0.1, -0.05) is 29.8 Å². The molecule has 2 N–H and O–H groups in total. The van der Waals surface area contributed by atoms with Gasteiger partial charge in [0.2, 0.25) is 5.91 Å². The summed E-state index contributed by atoms with van der Waals surface area (Å²) >= 11 is 0. The lowest BCUT2D eigenvalue weighted by Gasteiger charge is -2.33. The molecule has 1 heterocycles. The van der Waals surface area contributed by atoms with Crippen LogP contribution in [0.4, 0.5) is 0 Å². The predicted octanol–water partition coefficient (Wildman–Crippen LogP) is 3.72. The highest BCUT2D eigenvalue weighted by Crippen LogP contribution is 2.20. The first-order chi connectivity index (χ1) is 10.6. The van der Waals surface area contributed by atoms with E-state index in [0.29, 0.717) is 18.2 Å². The molecule has 0 spiro atoms. The fraction of sp³-hybridized carbons (Fsp3) is 0.632. The number of hydrogen-bond donors (Lipinski definition) is 1. The largest absolute Gasteiger partial charge is 0.343 e. The van der Waals surface area contributed by atoms with Crippen molar-refractivity contribution in [3.8, 4) is 0 Å². The summed E-state index contributed by atoms with van der Waals surface area (Å²) < 4.78 is 0. The van der Waals surface area contributed by atoms with Crippen LogP contribution in [0.3, 0.4) is 0 Å². The molecule has 1 aromatic rings. The lowest BCUT2D eigenvalue weighted by Crippen LogP contribution is -2.42. The molecule has 1 unspecified atom stereocenters. The van der Waals surface area contributed by atoms with Crippen molar-refractivity contribution in [3.05, 3.63) is 35.4 Å². The normalized spacial score (nSPS) is 16.7. The first kappa shape index (κ1) is 20.0. The average Bonchev–Trinajstić information content (AvgIpc) is 2.53. The Kier molecular flexibility index (Phi) is 8.64. The molecule has 1 atom stereocenters. The minimum absolute atomic E-state index is 0. The molecule has 130 valence electrons. The van der Waals surface area contributed by atoms with Crippen LogP contribution < -0.4 is 5.73 Å². The van der Waals surface area contributed by atoms with Gasteiger partial charge in [0.25, 0.3) is 0 Å². The van der Waals surface area contributed by atoms with E-state index in [-0.39, 0.29) is 18.4 Å². The Balaban J connectivity index is 0.00000264. The number of nitrogens with two attached hydrogens (primary N) is 1. The van der Waals surface area contributed by atoms with Crippen molar-refractivity contribution < 1.29 is 4.79 Å². The predicted molar refractivity (Wildman–Crippen MR) is 98.9 cm³/mol. The molecule has 0 radical (unpaired) electrons. The summed E-state index contributed by atoms with van der Waals surface area (Å²) in [5.41, 5.74) is 8.62. The zero-order valence-corrected chi connectivity index (χ0v) is 15.3. The SMILES string of the molecule is Cc1ccc(CCCCC(=O)N2CCC(C(C)N)CC2)cc1.Cl. The highest BCUT2D eigenvalue weighted by molar-refractivity contribution is 5.85. The van der Waals surface area contributed by atoms with Gasteiger partial charge in [-0.25, -0.2) is 0 Å². The lowest BCUT2D eigenvalue weighted by atomic mass is 9.91. The number of benzene rings is 1. The minimum atomic E-state index is 0. The summed E-state index contributed by atoms with van der Waals surface area (Å²) in [7, 11) is 0. The van der Waals surface area contributed by atoms with Crippen LogP contribution in [0.2, 0.25) is 0 Å². The standard InChI is InChI=1S/C19H30N2O.ClH/c1-15-7-9-17(10-8-15)5-3-4-6-19(22)21-13-11-18(12-14-21)16(2)20;/h7-10,16,18H,3-6,11-14,20H2,1-2H3;1H. The molecule has 1 saturated heterocycles. The van der Waals surface area contributed by atoms with Crippen LogP contribution >= 0.6 is 12.4 Å². The number of aryl methyl sites for hydroxylation is 2. The van der Waals surface area contributed by atoms with E-state index in [0.717, 1.165) is 45.2 Å². The summed E-state index contributed by atoms with van der Waals surface area (Å²) in [6.07, 6.45) is 5.96. The van der Waals surface area contributed by atoms with Crippen molar-refractivity contribution >= 4 is 18.3 Å². The van der Waals surface area contributed by atoms with Crippen LogP contribution in [0.5, 0.6) is 0 Å². The Hall–Kier alpha value is -1.06. The van der Waals surface area contributed by atoms with Gasteiger partial charge in [0.1, 0.15) is 0 Å². The third kappa shape index (κ3) is 6.52. The van der Waals surface area contributed by atoms with E-state index in [1.165, 1.54) is 11.1 Å². The summed E-state index contributed by atoms with van der Waals surface area (Å²) in [6.45, 7) is 5.97. The third-order valence-electron chi connectivity index (χ3n) is 4.86. The van der Waals surface area contributed by atoms with Gasteiger partial charge in [0.05, 0.1) is 0 Å². The summed E-state index contributed by atoms with van der Waals surface area (Å²) in [6, 6.07) is 8.95. The van der Waals surface area contributed by atoms with E-state index in [2.05, 4.69) is 38.1 Å². The number of halogens is 1. The van der Waals surface area contributed by atoms with Gasteiger partial charge in [-0.2, -0.15) is 0 Å². The van der Waals surface area contributed by atoms with E-state index in [9.17, 15) is 4.79 Å². The van der Waals surface area contributed by atoms with Crippen molar-refractivity contribution in [2.75, 3.05) is 13.1 Å². The molecule has 4 heteroatoms. The molecule has 23 heavy (non-hydrogen) atoms. The zero-order valence-electron chi connectivity index (χ0n) is 14.5. The molecular formula is C19H31ClN2O. The highest BCUT2D eigenvalue weighted by atomic mass is 35.5. The van der Waals surface area contributed by atoms with Crippen LogP contribution in [-0.2, 0) is 11.2 Å². The number of hydrogen-bond acceptors (Lipinski definition) is 2. The van der Waals surface area contributed by atoms with E-state index >= 15 is 0 Å². The average molecular weight is 339 g/mol. The minimum Gasteiger partial charge on any atom is -0.343 e. The number of unbranched alkanes of at least 4 members (excludes halogenated alkanes) is 1. The number of nitrogens with zero attached hydrogens (tertiary/aromatic N) is 1. The molecule has 3 nitrogen and oxygen atoms in total. The Morgan fingerprint density at radius 1 is 1.22 bits per heavy atom. The number of likely N-dealkylation sites (tertiary alicyclic amines) is 1. The van der Waals surface area contributed by atoms with E-state index in [1.807, 2.05) is 4.90 Å². The smallest absolute Gasteiger partial charge is 0.222 e. The third-order valence-corrected chi connectivity index (χ3v) is 4.86. The van der Waals surface area contributed by atoms with Crippen LogP contribution in [-0.4, -0.2) is 29.9 Å². The maximum Gasteiger partial charge on any atom is 0.222 e. The monoisotopic (exact) mass is 338 g/mol. The van der Waals surface area contributed by atoms with Gasteiger partial charge in [-0.3, -0.25) is 4.79 Å². The number of carbonyl (C=O) groups excluding carboxylic acids is 1. The zero-order chi connectivity index (χ0) is 15.9. The summed E-state index contributed by atoms with van der Waals surface area (Å²) in [5.74, 6) is 0.914. The molecule has 1 aliphatic heterocycles. The fourth-order valence-electron chi connectivity index (χ4n) is 3.19. The van der Waals surface area contributed by atoms with Crippen molar-refractivity contribution in [2.45, 2.75) is 58.4 Å². The van der Waals surface area contributed by atoms with E-state index in [4.69, 9.17) is 5.73 Å². The fourth-order valence-corrected chi connectivity index (χ4v) is 3.19. The molecule has 1 aliphatic rings. The molecule has 0 saturated carbocycles. The number of amides is 1. The maximum atomic E-state index is 12.2. The highest BCUT2D eigenvalue weighted by Gasteiger charge is 2.24. The Morgan fingerprint density at radius 2 is 1.83 bits per heavy atom. The summed E-state index contributed by atoms with van der Waals surface area (Å²) in [5, 5.41) is 0. The Labute approximate surface area is 147 Å². The van der Waals surface area contributed by atoms with Crippen LogP contribution in [0.15, 0.2) is 24.3 Å². The van der Waals surface area contributed by atoms with Gasteiger partial charge in [0, 0.05) is 25.6 Å². The number of rotatable bonds is 6. The van der Waals surface area contributed by atoms with Gasteiger partial charge in [-0.05, 0) is 57.4 Å². The van der Waals surface area contributed by atoms with Crippen molar-refractivity contribution in [3.63, 3.8) is 0 Å². The Morgan fingerprint density at radius 3 is 2.39 bits per heavy atom. The quantitative estimate of drug-likeness (QED) is 0.803. The van der Waals surface area contributed by atoms with Crippen molar-refractivity contribution in [1.29, 1.82) is 0 Å². The second kappa shape index (κ2) is 9.94. The number of carbonyl (C=O) groups is 1. The maximum absolute atomic E-state index is 12.2. The topological polar surface area (TPSA) is 46.3 Å². The second-order valence-electron chi connectivity index (χ2n) is 6.77. The molecule has 0 aliphatic carbocycles. The van der Waals surface area contributed by atoms with Gasteiger partial charge < -0.3 is 10.6 Å². The first-order valence-electron chi connectivity index (χ1n) is 8.65. The van der Waals surface area contributed by atoms with Crippen LogP contribution in [0.25, 0.3) is 0 Å². The van der Waals surface area contributed by atoms with Gasteiger partial charge in [0.15, 0.2) is 0 Å². The van der Waals surface area contributed by atoms with Crippen LogP contribution in [0, 0.1) is 12.8 Å². The molecule has 1 fully saturated rings. The van der Waals surface area contributed by atoms with Gasteiger partial charge in [-0.15, -0.1) is 12.4 Å². The molecule has 0 aromatic heterocycles. The van der Waals surface area contributed by atoms with Gasteiger partial charge >= 0.3 is 0 Å². The van der Waals surface area contributed by atoms with E-state index in [1.54, 1.807) is 0 Å². The second-order valence-corrected chi connectivity index (χ2v) is 6.77. The number of piperidine rings is 1. The van der Waals surface area contributed by atoms with Crippen molar-refractivity contribution in [2.24, 2.45) is 11.7 Å². The Bertz CT molecular complexity index is 465. The molecule has 2 rings (SSSR count).